The topological polar surface area (TPSA) is 52.6 Å². The Kier molecular flexibility index (Phi) is 6.42. The molecule has 0 spiro atoms. The number of hydrogen-bond donors (Lipinski definition) is 2. The summed E-state index contributed by atoms with van der Waals surface area (Å²) >= 11 is 1.59. The zero-order valence-electron chi connectivity index (χ0n) is 12.5. The highest BCUT2D eigenvalue weighted by Crippen LogP contribution is 2.15. The monoisotopic (exact) mass is 308 g/mol. The molecule has 2 N–H and O–H groups in total. The fraction of sp³-hybridized carbons (Fsp3) is 0.562. The maximum Gasteiger partial charge on any atom is 0.244 e. The quantitative estimate of drug-likeness (QED) is 0.790. The average molecular weight is 308 g/mol. The third-order valence-electron chi connectivity index (χ3n) is 3.80. The van der Waals surface area contributed by atoms with E-state index >= 15 is 0 Å². The highest BCUT2D eigenvalue weighted by molar-refractivity contribution is 7.10. The lowest BCUT2D eigenvalue weighted by Crippen LogP contribution is -2.42. The number of piperidine rings is 1. The van der Waals surface area contributed by atoms with E-state index in [-0.39, 0.29) is 5.91 Å². The Bertz CT molecular complexity index is 451. The Morgan fingerprint density at radius 3 is 3.00 bits per heavy atom. The van der Waals surface area contributed by atoms with E-state index in [0.29, 0.717) is 13.1 Å². The summed E-state index contributed by atoms with van der Waals surface area (Å²) in [6.07, 6.45) is 5.20. The molecule has 2 rings (SSSR count). The smallest absolute Gasteiger partial charge is 0.244 e. The predicted octanol–water partition coefficient (Wildman–Crippen LogP) is 1.97. The predicted molar refractivity (Wildman–Crippen MR) is 87.2 cm³/mol. The van der Waals surface area contributed by atoms with Crippen LogP contribution in [0, 0.1) is 5.92 Å². The van der Waals surface area contributed by atoms with Crippen LogP contribution in [0.1, 0.15) is 24.6 Å². The number of β-amino-alcohol motifs (C(OH)–C–C–N with tert-alkyl or cyclic N) is 1. The molecule has 0 aromatic carbocycles. The summed E-state index contributed by atoms with van der Waals surface area (Å²) in [6, 6.07) is 3.91. The summed E-state index contributed by atoms with van der Waals surface area (Å²) in [5, 5.41) is 14.7. The first-order valence-electron chi connectivity index (χ1n) is 7.53. The van der Waals surface area contributed by atoms with Gasteiger partial charge in [0, 0.05) is 24.0 Å². The average Bonchev–Trinajstić information content (AvgIpc) is 2.99. The van der Waals surface area contributed by atoms with E-state index in [1.54, 1.807) is 17.4 Å². The number of nitrogens with zero attached hydrogens (tertiary/aromatic N) is 1. The largest absolute Gasteiger partial charge is 0.390 e. The Labute approximate surface area is 130 Å². The van der Waals surface area contributed by atoms with E-state index in [1.165, 1.54) is 18.9 Å². The van der Waals surface area contributed by atoms with Gasteiger partial charge in [-0.25, -0.2) is 0 Å². The van der Waals surface area contributed by atoms with Crippen molar-refractivity contribution < 1.29 is 9.90 Å². The van der Waals surface area contributed by atoms with Gasteiger partial charge < -0.3 is 15.3 Å². The van der Waals surface area contributed by atoms with Gasteiger partial charge in [0.05, 0.1) is 6.10 Å². The fourth-order valence-corrected chi connectivity index (χ4v) is 3.05. The summed E-state index contributed by atoms with van der Waals surface area (Å²) in [5.41, 5.74) is 0. The van der Waals surface area contributed by atoms with Gasteiger partial charge in [0.25, 0.3) is 0 Å². The zero-order valence-corrected chi connectivity index (χ0v) is 13.3. The minimum atomic E-state index is -0.502. The third-order valence-corrected chi connectivity index (χ3v) is 4.64. The van der Waals surface area contributed by atoms with Crippen LogP contribution in [0.15, 0.2) is 23.6 Å². The second-order valence-electron chi connectivity index (χ2n) is 5.73. The van der Waals surface area contributed by atoms with E-state index in [4.69, 9.17) is 0 Å². The number of carbonyl (C=O) groups excluding carboxylic acids is 1. The minimum Gasteiger partial charge on any atom is -0.390 e. The molecular weight excluding hydrogens is 284 g/mol. The molecular formula is C16H24N2O2S. The molecule has 1 amide bonds. The number of amides is 1. The van der Waals surface area contributed by atoms with Gasteiger partial charge in [0.2, 0.25) is 5.91 Å². The summed E-state index contributed by atoms with van der Waals surface area (Å²) in [4.78, 5) is 15.0. The molecule has 1 saturated heterocycles. The highest BCUT2D eigenvalue weighted by Gasteiger charge is 2.18. The van der Waals surface area contributed by atoms with Crippen LogP contribution >= 0.6 is 11.3 Å². The van der Waals surface area contributed by atoms with Crippen molar-refractivity contribution in [1.82, 2.24) is 10.2 Å². The van der Waals surface area contributed by atoms with E-state index in [9.17, 15) is 9.90 Å². The van der Waals surface area contributed by atoms with Crippen LogP contribution < -0.4 is 5.32 Å². The molecule has 1 fully saturated rings. The first kappa shape index (κ1) is 16.2. The van der Waals surface area contributed by atoms with Crippen LogP contribution in [0.25, 0.3) is 6.08 Å². The molecule has 5 heteroatoms. The zero-order chi connectivity index (χ0) is 15.1. The maximum atomic E-state index is 11.7. The molecule has 0 aliphatic carbocycles. The van der Waals surface area contributed by atoms with Crippen LogP contribution in [-0.2, 0) is 4.79 Å². The van der Waals surface area contributed by atoms with Gasteiger partial charge in [0.15, 0.2) is 0 Å². The maximum absolute atomic E-state index is 11.7. The molecule has 4 nitrogen and oxygen atoms in total. The number of hydrogen-bond acceptors (Lipinski definition) is 4. The molecule has 1 aliphatic heterocycles. The number of aliphatic hydroxyl groups is 1. The lowest BCUT2D eigenvalue weighted by atomic mass is 9.99. The molecule has 1 aromatic heterocycles. The Morgan fingerprint density at radius 2 is 2.33 bits per heavy atom. The lowest BCUT2D eigenvalue weighted by molar-refractivity contribution is -0.116. The van der Waals surface area contributed by atoms with Gasteiger partial charge in [-0.2, -0.15) is 0 Å². The van der Waals surface area contributed by atoms with Gasteiger partial charge in [0.1, 0.15) is 0 Å². The van der Waals surface area contributed by atoms with E-state index in [1.807, 2.05) is 17.5 Å². The molecule has 1 aliphatic rings. The Hall–Kier alpha value is -1.17. The van der Waals surface area contributed by atoms with Crippen LogP contribution in [0.3, 0.4) is 0 Å². The van der Waals surface area contributed by atoms with Crippen LogP contribution in [0.2, 0.25) is 0 Å². The van der Waals surface area contributed by atoms with Gasteiger partial charge >= 0.3 is 0 Å². The summed E-state index contributed by atoms with van der Waals surface area (Å²) in [6.45, 7) is 5.31. The van der Waals surface area contributed by atoms with Gasteiger partial charge in [-0.15, -0.1) is 11.3 Å². The Morgan fingerprint density at radius 1 is 1.57 bits per heavy atom. The summed E-state index contributed by atoms with van der Waals surface area (Å²) < 4.78 is 0. The number of aliphatic hydroxyl groups excluding tert-OH is 1. The number of thiophene rings is 1. The first-order chi connectivity index (χ1) is 10.1. The second kappa shape index (κ2) is 8.32. The molecule has 1 unspecified atom stereocenters. The number of nitrogens with one attached hydrogen (secondary N) is 1. The number of likely N-dealkylation sites (tertiary alicyclic amines) is 1. The highest BCUT2D eigenvalue weighted by atomic mass is 32.1. The van der Waals surface area contributed by atoms with Crippen molar-refractivity contribution in [3.63, 3.8) is 0 Å². The normalized spacial score (nSPS) is 19.0. The molecule has 1 aromatic rings. The molecule has 116 valence electrons. The molecule has 2 heterocycles. The van der Waals surface area contributed by atoms with Gasteiger partial charge in [-0.3, -0.25) is 4.79 Å². The second-order valence-corrected chi connectivity index (χ2v) is 6.71. The number of carbonyl (C=O) groups is 1. The third kappa shape index (κ3) is 5.99. The lowest BCUT2D eigenvalue weighted by Gasteiger charge is -2.31. The van der Waals surface area contributed by atoms with Gasteiger partial charge in [-0.1, -0.05) is 13.0 Å². The SMILES string of the molecule is CC1CCN(CC(O)CNC(=O)/C=C/c2cccs2)CC1. The van der Waals surface area contributed by atoms with Crippen LogP contribution in [0.5, 0.6) is 0 Å². The van der Waals surface area contributed by atoms with Crippen molar-refractivity contribution in [3.8, 4) is 0 Å². The van der Waals surface area contributed by atoms with E-state index < -0.39 is 6.10 Å². The van der Waals surface area contributed by atoms with E-state index in [2.05, 4.69) is 17.1 Å². The van der Waals surface area contributed by atoms with Crippen LogP contribution in [0.4, 0.5) is 0 Å². The summed E-state index contributed by atoms with van der Waals surface area (Å²) in [7, 11) is 0. The van der Waals surface area contributed by atoms with Crippen LogP contribution in [-0.4, -0.2) is 48.2 Å². The molecule has 0 saturated carbocycles. The first-order valence-corrected chi connectivity index (χ1v) is 8.41. The van der Waals surface area contributed by atoms with Crippen molar-refractivity contribution in [3.05, 3.63) is 28.5 Å². The van der Waals surface area contributed by atoms with Gasteiger partial charge in [-0.05, 0) is 49.4 Å². The summed E-state index contributed by atoms with van der Waals surface area (Å²) in [5.74, 6) is 0.634. The Balaban J connectivity index is 1.64. The molecule has 21 heavy (non-hydrogen) atoms. The fourth-order valence-electron chi connectivity index (χ4n) is 2.43. The van der Waals surface area contributed by atoms with Crippen molar-refractivity contribution in [2.45, 2.75) is 25.9 Å². The van der Waals surface area contributed by atoms with Crippen molar-refractivity contribution in [1.29, 1.82) is 0 Å². The molecule has 0 radical (unpaired) electrons. The van der Waals surface area contributed by atoms with Crippen molar-refractivity contribution in [2.24, 2.45) is 5.92 Å². The molecule has 1 atom stereocenters. The van der Waals surface area contributed by atoms with Crippen molar-refractivity contribution in [2.75, 3.05) is 26.2 Å². The standard InChI is InChI=1S/C16H24N2O2S/c1-13-6-8-18(9-7-13)12-14(19)11-17-16(20)5-4-15-3-2-10-21-15/h2-5,10,13-14,19H,6-9,11-12H2,1H3,(H,17,20)/b5-4+. The van der Waals surface area contributed by atoms with E-state index in [0.717, 1.165) is 23.9 Å². The van der Waals surface area contributed by atoms with Crippen molar-refractivity contribution >= 4 is 23.3 Å². The minimum absolute atomic E-state index is 0.158. The molecule has 0 bridgehead atoms. The number of rotatable bonds is 6.